The van der Waals surface area contributed by atoms with E-state index < -0.39 is 30.5 Å². The molecule has 4 atom stereocenters. The Morgan fingerprint density at radius 1 is 1.62 bits per heavy atom. The molecule has 1 rings (SSSR count). The highest BCUT2D eigenvalue weighted by atomic mass is 16.6. The zero-order chi connectivity index (χ0) is 10.1. The molecule has 7 nitrogen and oxygen atoms in total. The van der Waals surface area contributed by atoms with Crippen LogP contribution in [0.4, 0.5) is 0 Å². The van der Waals surface area contributed by atoms with E-state index in [0.29, 0.717) is 0 Å². The third-order valence-corrected chi connectivity index (χ3v) is 1.90. The maximum atomic E-state index is 9.33. The van der Waals surface area contributed by atoms with Crippen LogP contribution >= 0.6 is 0 Å². The number of hydrogen-bond donors (Lipinski definition) is 3. The average Bonchev–Trinajstić information content (AvgIpc) is 2.32. The van der Waals surface area contributed by atoms with Gasteiger partial charge in [0.2, 0.25) is 0 Å². The molecule has 0 spiro atoms. The molecular weight excluding hydrogens is 177 g/mol. The summed E-state index contributed by atoms with van der Waals surface area (Å²) < 4.78 is 4.77. The highest BCUT2D eigenvalue weighted by Gasteiger charge is 2.51. The molecule has 0 bridgehead atoms. The lowest BCUT2D eigenvalue weighted by molar-refractivity contribution is -0.0947. The van der Waals surface area contributed by atoms with E-state index >= 15 is 0 Å². The van der Waals surface area contributed by atoms with Crippen molar-refractivity contribution in [2.24, 2.45) is 5.11 Å². The molecule has 1 heterocycles. The van der Waals surface area contributed by atoms with E-state index in [9.17, 15) is 5.11 Å². The maximum Gasteiger partial charge on any atom is 0.197 e. The highest BCUT2D eigenvalue weighted by molar-refractivity contribution is 6.11. The molecule has 0 aliphatic carbocycles. The molecule has 1 aliphatic rings. The van der Waals surface area contributed by atoms with Crippen molar-refractivity contribution >= 4 is 7.85 Å². The number of aliphatic hydroxyl groups excluding tert-OH is 3. The summed E-state index contributed by atoms with van der Waals surface area (Å²) in [7, 11) is 5.22. The summed E-state index contributed by atoms with van der Waals surface area (Å²) in [5, 5.41) is 30.4. The van der Waals surface area contributed by atoms with Crippen LogP contribution in [0.15, 0.2) is 5.11 Å². The standard InChI is InChI=1S/C5H8BN3O4/c6-4-2(11)3(12)5(1-10,13-4)8-9-7/h2-4,10-12H,1H2/t2-,3+,4-,5-/m1/s1. The van der Waals surface area contributed by atoms with Gasteiger partial charge in [-0.3, -0.25) is 0 Å². The average molecular weight is 185 g/mol. The first-order chi connectivity index (χ1) is 6.07. The van der Waals surface area contributed by atoms with Crippen LogP contribution in [-0.4, -0.2) is 53.7 Å². The Morgan fingerprint density at radius 2 is 2.23 bits per heavy atom. The van der Waals surface area contributed by atoms with Crippen LogP contribution in [0.2, 0.25) is 0 Å². The lowest BCUT2D eigenvalue weighted by Gasteiger charge is -2.23. The Bertz CT molecular complexity index is 246. The molecule has 0 aromatic heterocycles. The maximum absolute atomic E-state index is 9.33. The van der Waals surface area contributed by atoms with Gasteiger partial charge in [-0.25, -0.2) is 0 Å². The van der Waals surface area contributed by atoms with E-state index in [-0.39, 0.29) is 0 Å². The molecule has 2 radical (unpaired) electrons. The van der Waals surface area contributed by atoms with Gasteiger partial charge in [0.05, 0.1) is 6.61 Å². The molecule has 1 fully saturated rings. The molecule has 1 aliphatic heterocycles. The fourth-order valence-electron chi connectivity index (χ4n) is 1.14. The van der Waals surface area contributed by atoms with E-state index in [1.54, 1.807) is 0 Å². The second-order valence-electron chi connectivity index (χ2n) is 2.71. The minimum atomic E-state index is -1.87. The molecule has 13 heavy (non-hydrogen) atoms. The zero-order valence-electron chi connectivity index (χ0n) is 6.61. The predicted octanol–water partition coefficient (Wildman–Crippen LogP) is -1.77. The molecule has 70 valence electrons. The number of nitrogens with zero attached hydrogens (tertiary/aromatic N) is 3. The summed E-state index contributed by atoms with van der Waals surface area (Å²) >= 11 is 0. The summed E-state index contributed by atoms with van der Waals surface area (Å²) in [5.41, 5.74) is 6.28. The summed E-state index contributed by atoms with van der Waals surface area (Å²) in [6, 6.07) is -1.17. The highest BCUT2D eigenvalue weighted by Crippen LogP contribution is 2.31. The van der Waals surface area contributed by atoms with Crippen molar-refractivity contribution in [3.05, 3.63) is 10.4 Å². The minimum Gasteiger partial charge on any atom is -0.393 e. The molecule has 3 N–H and O–H groups in total. The summed E-state index contributed by atoms with van der Waals surface area (Å²) in [4.78, 5) is 2.39. The smallest absolute Gasteiger partial charge is 0.197 e. The van der Waals surface area contributed by atoms with Gasteiger partial charge in [-0.15, -0.1) is 0 Å². The largest absolute Gasteiger partial charge is 0.393 e. The van der Waals surface area contributed by atoms with E-state index in [2.05, 4.69) is 10.0 Å². The van der Waals surface area contributed by atoms with Gasteiger partial charge >= 0.3 is 0 Å². The Kier molecular flexibility index (Phi) is 2.79. The van der Waals surface area contributed by atoms with Crippen molar-refractivity contribution < 1.29 is 20.1 Å². The van der Waals surface area contributed by atoms with Crippen molar-refractivity contribution in [3.8, 4) is 0 Å². The topological polar surface area (TPSA) is 119 Å². The predicted molar refractivity (Wildman–Crippen MR) is 41.6 cm³/mol. The molecule has 0 amide bonds. The van der Waals surface area contributed by atoms with Gasteiger partial charge in [-0.1, -0.05) is 5.11 Å². The summed E-state index contributed by atoms with van der Waals surface area (Å²) in [6.45, 7) is -0.747. The van der Waals surface area contributed by atoms with E-state index in [1.165, 1.54) is 0 Å². The quantitative estimate of drug-likeness (QED) is 0.204. The van der Waals surface area contributed by atoms with Gasteiger partial charge in [-0.2, -0.15) is 0 Å². The first kappa shape index (κ1) is 10.3. The van der Waals surface area contributed by atoms with Gasteiger partial charge in [0, 0.05) is 10.9 Å². The number of azide groups is 1. The van der Waals surface area contributed by atoms with Crippen LogP contribution in [0.3, 0.4) is 0 Å². The van der Waals surface area contributed by atoms with Gasteiger partial charge in [0.1, 0.15) is 20.1 Å². The van der Waals surface area contributed by atoms with Gasteiger partial charge < -0.3 is 20.1 Å². The van der Waals surface area contributed by atoms with Gasteiger partial charge in [0.15, 0.2) is 5.72 Å². The van der Waals surface area contributed by atoms with Crippen LogP contribution in [0.5, 0.6) is 0 Å². The molecule has 0 unspecified atom stereocenters. The Labute approximate surface area is 75.0 Å². The minimum absolute atomic E-state index is 0.747. The first-order valence-electron chi connectivity index (χ1n) is 3.54. The van der Waals surface area contributed by atoms with E-state index in [1.807, 2.05) is 0 Å². The summed E-state index contributed by atoms with van der Waals surface area (Å²) in [6.07, 6.45) is -2.90. The number of ether oxygens (including phenoxy) is 1. The number of aliphatic hydroxyl groups is 3. The van der Waals surface area contributed by atoms with Gasteiger partial charge in [0.25, 0.3) is 0 Å². The normalized spacial score (nSPS) is 44.4. The van der Waals surface area contributed by atoms with Crippen LogP contribution in [0, 0.1) is 0 Å². The van der Waals surface area contributed by atoms with E-state index in [0.717, 1.165) is 0 Å². The van der Waals surface area contributed by atoms with Crippen molar-refractivity contribution in [2.45, 2.75) is 23.9 Å². The second kappa shape index (κ2) is 3.53. The van der Waals surface area contributed by atoms with Crippen molar-refractivity contribution in [3.63, 3.8) is 0 Å². The number of rotatable bonds is 2. The van der Waals surface area contributed by atoms with Crippen LogP contribution in [0.1, 0.15) is 0 Å². The van der Waals surface area contributed by atoms with Crippen LogP contribution in [-0.2, 0) is 4.74 Å². The fourth-order valence-corrected chi connectivity index (χ4v) is 1.14. The monoisotopic (exact) mass is 185 g/mol. The van der Waals surface area contributed by atoms with E-state index in [4.69, 9.17) is 28.3 Å². The molecular formula is C5H8BN3O4. The molecule has 0 aromatic rings. The van der Waals surface area contributed by atoms with Gasteiger partial charge in [-0.05, 0) is 5.53 Å². The van der Waals surface area contributed by atoms with Crippen LogP contribution < -0.4 is 0 Å². The molecule has 1 saturated heterocycles. The zero-order valence-corrected chi connectivity index (χ0v) is 6.61. The lowest BCUT2D eigenvalue weighted by Crippen LogP contribution is -2.44. The van der Waals surface area contributed by atoms with Crippen LogP contribution in [0.25, 0.3) is 10.4 Å². The molecule has 8 heteroatoms. The molecule has 0 aromatic carbocycles. The third-order valence-electron chi connectivity index (χ3n) is 1.90. The first-order valence-corrected chi connectivity index (χ1v) is 3.54. The Balaban J connectivity index is 2.95. The van der Waals surface area contributed by atoms with Crippen molar-refractivity contribution in [1.82, 2.24) is 0 Å². The lowest BCUT2D eigenvalue weighted by atomic mass is 9.92. The SMILES string of the molecule is [B][C@@H]1O[C@@](CO)(N=[N+]=[N-])[C@@H](O)[C@H]1O. The van der Waals surface area contributed by atoms with Crippen molar-refractivity contribution in [2.75, 3.05) is 6.61 Å². The Morgan fingerprint density at radius 3 is 2.54 bits per heavy atom. The second-order valence-corrected chi connectivity index (χ2v) is 2.71. The number of hydrogen-bond acceptors (Lipinski definition) is 5. The third kappa shape index (κ3) is 1.50. The fraction of sp³-hybridized carbons (Fsp3) is 1.00. The van der Waals surface area contributed by atoms with Crippen molar-refractivity contribution in [1.29, 1.82) is 0 Å². The molecule has 0 saturated carbocycles. The summed E-state index contributed by atoms with van der Waals surface area (Å²) in [5.74, 6) is 0. The Hall–Kier alpha value is -0.785.